The summed E-state index contributed by atoms with van der Waals surface area (Å²) in [4.78, 5) is 14.0. The highest BCUT2D eigenvalue weighted by Crippen LogP contribution is 2.38. The maximum atomic E-state index is 12.8. The summed E-state index contributed by atoms with van der Waals surface area (Å²) in [6, 6.07) is 7.79. The van der Waals surface area contributed by atoms with E-state index in [9.17, 15) is 4.79 Å². The standard InChI is InChI=1S/C21H29NO4S/c1-6-15(7-2)20(18-9-8-10-27-18)22-19(23)13-14-11-16(24-3)21(26-5)17(12-14)25-4/h8-12,15,20H,6-7,13H2,1-5H3,(H,22,23). The minimum absolute atomic E-state index is 0.0189. The van der Waals surface area contributed by atoms with Gasteiger partial charge in [0.25, 0.3) is 0 Å². The predicted molar refractivity (Wildman–Crippen MR) is 109 cm³/mol. The number of carbonyl (C=O) groups excluding carboxylic acids is 1. The van der Waals surface area contributed by atoms with Crippen LogP contribution in [0.2, 0.25) is 0 Å². The summed E-state index contributed by atoms with van der Waals surface area (Å²) in [5.41, 5.74) is 0.816. The Morgan fingerprint density at radius 1 is 1.07 bits per heavy atom. The minimum atomic E-state index is -0.0189. The molecule has 0 saturated heterocycles. The third-order valence-corrected chi connectivity index (χ3v) is 5.73. The number of rotatable bonds is 10. The van der Waals surface area contributed by atoms with Crippen molar-refractivity contribution in [3.63, 3.8) is 0 Å². The van der Waals surface area contributed by atoms with E-state index in [1.165, 1.54) is 4.88 Å². The monoisotopic (exact) mass is 391 g/mol. The number of methoxy groups -OCH3 is 3. The zero-order valence-electron chi connectivity index (χ0n) is 16.7. The summed E-state index contributed by atoms with van der Waals surface area (Å²) in [5.74, 6) is 2.02. The van der Waals surface area contributed by atoms with E-state index in [-0.39, 0.29) is 18.4 Å². The van der Waals surface area contributed by atoms with Gasteiger partial charge in [-0.25, -0.2) is 0 Å². The second-order valence-corrected chi connectivity index (χ2v) is 7.33. The van der Waals surface area contributed by atoms with Crippen LogP contribution in [0.15, 0.2) is 29.6 Å². The van der Waals surface area contributed by atoms with Crippen LogP contribution in [0.3, 0.4) is 0 Å². The fraction of sp³-hybridized carbons (Fsp3) is 0.476. The summed E-state index contributed by atoms with van der Waals surface area (Å²) in [6.45, 7) is 4.33. The number of hydrogen-bond acceptors (Lipinski definition) is 5. The Morgan fingerprint density at radius 2 is 1.70 bits per heavy atom. The smallest absolute Gasteiger partial charge is 0.224 e. The molecule has 1 heterocycles. The van der Waals surface area contributed by atoms with Gasteiger partial charge in [0.05, 0.1) is 33.8 Å². The van der Waals surface area contributed by atoms with Gasteiger partial charge in [-0.15, -0.1) is 11.3 Å². The fourth-order valence-corrected chi connectivity index (χ4v) is 4.17. The van der Waals surface area contributed by atoms with Crippen molar-refractivity contribution in [2.75, 3.05) is 21.3 Å². The van der Waals surface area contributed by atoms with Gasteiger partial charge < -0.3 is 19.5 Å². The van der Waals surface area contributed by atoms with Crippen molar-refractivity contribution in [2.24, 2.45) is 5.92 Å². The molecule has 1 amide bonds. The van der Waals surface area contributed by atoms with Gasteiger partial charge in [0, 0.05) is 4.88 Å². The zero-order valence-corrected chi connectivity index (χ0v) is 17.5. The van der Waals surface area contributed by atoms with E-state index in [2.05, 4.69) is 30.6 Å². The normalized spacial score (nSPS) is 11.9. The van der Waals surface area contributed by atoms with Crippen molar-refractivity contribution in [1.29, 1.82) is 0 Å². The van der Waals surface area contributed by atoms with Gasteiger partial charge in [0.2, 0.25) is 11.7 Å². The molecule has 0 aliphatic rings. The van der Waals surface area contributed by atoms with E-state index < -0.39 is 0 Å². The van der Waals surface area contributed by atoms with Gasteiger partial charge in [-0.1, -0.05) is 32.8 Å². The lowest BCUT2D eigenvalue weighted by Gasteiger charge is -2.25. The highest BCUT2D eigenvalue weighted by molar-refractivity contribution is 7.10. The molecule has 0 spiro atoms. The van der Waals surface area contributed by atoms with Crippen molar-refractivity contribution in [3.8, 4) is 17.2 Å². The third-order valence-electron chi connectivity index (χ3n) is 4.78. The number of benzene rings is 1. The van der Waals surface area contributed by atoms with Crippen LogP contribution in [0, 0.1) is 5.92 Å². The van der Waals surface area contributed by atoms with Gasteiger partial charge in [-0.05, 0) is 35.1 Å². The van der Waals surface area contributed by atoms with Crippen molar-refractivity contribution in [2.45, 2.75) is 39.2 Å². The first-order chi connectivity index (χ1) is 13.1. The molecule has 0 aliphatic carbocycles. The van der Waals surface area contributed by atoms with Crippen LogP contribution in [0.5, 0.6) is 17.2 Å². The maximum absolute atomic E-state index is 12.8. The highest BCUT2D eigenvalue weighted by Gasteiger charge is 2.24. The van der Waals surface area contributed by atoms with Gasteiger partial charge in [-0.3, -0.25) is 4.79 Å². The minimum Gasteiger partial charge on any atom is -0.493 e. The van der Waals surface area contributed by atoms with Crippen LogP contribution < -0.4 is 19.5 Å². The van der Waals surface area contributed by atoms with Crippen LogP contribution in [-0.2, 0) is 11.2 Å². The van der Waals surface area contributed by atoms with Gasteiger partial charge in [0.15, 0.2) is 11.5 Å². The van der Waals surface area contributed by atoms with E-state index in [1.54, 1.807) is 32.7 Å². The second kappa shape index (κ2) is 10.2. The first-order valence-electron chi connectivity index (χ1n) is 9.19. The summed E-state index contributed by atoms with van der Waals surface area (Å²) < 4.78 is 16.1. The largest absolute Gasteiger partial charge is 0.493 e. The van der Waals surface area contributed by atoms with Gasteiger partial charge in [0.1, 0.15) is 0 Å². The third kappa shape index (κ3) is 5.16. The van der Waals surface area contributed by atoms with E-state index in [0.29, 0.717) is 23.2 Å². The molecule has 27 heavy (non-hydrogen) atoms. The molecule has 1 N–H and O–H groups in total. The van der Waals surface area contributed by atoms with Crippen LogP contribution in [0.4, 0.5) is 0 Å². The van der Waals surface area contributed by atoms with Gasteiger partial charge >= 0.3 is 0 Å². The molecule has 1 aromatic carbocycles. The molecule has 0 bridgehead atoms. The molecular weight excluding hydrogens is 362 g/mol. The Morgan fingerprint density at radius 3 is 2.15 bits per heavy atom. The summed E-state index contributed by atoms with van der Waals surface area (Å²) >= 11 is 1.68. The van der Waals surface area contributed by atoms with Crippen molar-refractivity contribution < 1.29 is 19.0 Å². The molecule has 6 heteroatoms. The Kier molecular flexibility index (Phi) is 7.98. The van der Waals surface area contributed by atoms with Crippen LogP contribution in [-0.4, -0.2) is 27.2 Å². The Labute approximate surface area is 165 Å². The van der Waals surface area contributed by atoms with Crippen molar-refractivity contribution in [3.05, 3.63) is 40.1 Å². The quantitative estimate of drug-likeness (QED) is 0.643. The Bertz CT molecular complexity index is 701. The van der Waals surface area contributed by atoms with Crippen molar-refractivity contribution >= 4 is 17.2 Å². The van der Waals surface area contributed by atoms with Crippen LogP contribution in [0.1, 0.15) is 43.2 Å². The first kappa shape index (κ1) is 21.1. The molecule has 1 unspecified atom stereocenters. The zero-order chi connectivity index (χ0) is 19.8. The molecule has 1 aromatic heterocycles. The maximum Gasteiger partial charge on any atom is 0.224 e. The molecule has 148 valence electrons. The SMILES string of the molecule is CCC(CC)C(NC(=O)Cc1cc(OC)c(OC)c(OC)c1)c1cccs1. The molecule has 2 aromatic rings. The van der Waals surface area contributed by atoms with E-state index in [4.69, 9.17) is 14.2 Å². The highest BCUT2D eigenvalue weighted by atomic mass is 32.1. The molecule has 5 nitrogen and oxygen atoms in total. The summed E-state index contributed by atoms with van der Waals surface area (Å²) in [5, 5.41) is 5.28. The Hall–Kier alpha value is -2.21. The molecule has 2 rings (SSSR count). The lowest BCUT2D eigenvalue weighted by molar-refractivity contribution is -0.121. The number of carbonyl (C=O) groups is 1. The number of amides is 1. The number of thiophene rings is 1. The van der Waals surface area contributed by atoms with E-state index in [0.717, 1.165) is 18.4 Å². The molecule has 0 saturated carbocycles. The van der Waals surface area contributed by atoms with Crippen LogP contribution >= 0.6 is 11.3 Å². The molecule has 0 fully saturated rings. The van der Waals surface area contributed by atoms with Crippen molar-refractivity contribution in [1.82, 2.24) is 5.32 Å². The van der Waals surface area contributed by atoms with Crippen LogP contribution in [0.25, 0.3) is 0 Å². The summed E-state index contributed by atoms with van der Waals surface area (Å²) in [7, 11) is 4.70. The predicted octanol–water partition coefficient (Wildman–Crippen LogP) is 4.61. The summed E-state index contributed by atoms with van der Waals surface area (Å²) in [6.07, 6.45) is 2.28. The second-order valence-electron chi connectivity index (χ2n) is 6.35. The lowest BCUT2D eigenvalue weighted by atomic mass is 9.92. The van der Waals surface area contributed by atoms with E-state index in [1.807, 2.05) is 18.2 Å². The number of hydrogen-bond donors (Lipinski definition) is 1. The molecule has 0 radical (unpaired) electrons. The first-order valence-corrected chi connectivity index (χ1v) is 10.1. The molecule has 1 atom stereocenters. The molecular formula is C21H29NO4S. The topological polar surface area (TPSA) is 56.8 Å². The van der Waals surface area contributed by atoms with Gasteiger partial charge in [-0.2, -0.15) is 0 Å². The Balaban J connectivity index is 2.20. The average Bonchev–Trinajstić information content (AvgIpc) is 3.21. The lowest BCUT2D eigenvalue weighted by Crippen LogP contribution is -2.33. The molecule has 0 aliphatic heterocycles. The number of nitrogens with one attached hydrogen (secondary N) is 1. The van der Waals surface area contributed by atoms with E-state index >= 15 is 0 Å². The average molecular weight is 392 g/mol. The number of ether oxygens (including phenoxy) is 3. The fourth-order valence-electron chi connectivity index (χ4n) is 3.30.